The van der Waals surface area contributed by atoms with Crippen molar-refractivity contribution in [2.75, 3.05) is 14.2 Å². The van der Waals surface area contributed by atoms with Crippen LogP contribution in [0, 0.1) is 0 Å². The van der Waals surface area contributed by atoms with Crippen LogP contribution in [-0.4, -0.2) is 26.2 Å². The number of esters is 2. The van der Waals surface area contributed by atoms with E-state index in [0.717, 1.165) is 0 Å². The zero-order valence-corrected chi connectivity index (χ0v) is 8.65. The quantitative estimate of drug-likeness (QED) is 0.639. The molecule has 0 unspecified atom stereocenters. The van der Waals surface area contributed by atoms with Gasteiger partial charge in [0.1, 0.15) is 0 Å². The van der Waals surface area contributed by atoms with Crippen molar-refractivity contribution in [1.29, 1.82) is 0 Å². The van der Waals surface area contributed by atoms with Gasteiger partial charge < -0.3 is 9.47 Å². The molecule has 0 N–H and O–H groups in total. The van der Waals surface area contributed by atoms with Crippen LogP contribution in [0.25, 0.3) is 0 Å². The molecule has 0 radical (unpaired) electrons. The minimum Gasteiger partial charge on any atom is -0.466 e. The van der Waals surface area contributed by atoms with Gasteiger partial charge >= 0.3 is 11.9 Å². The van der Waals surface area contributed by atoms with Gasteiger partial charge in [-0.05, 0) is 12.5 Å². The molecule has 0 fully saturated rings. The lowest BCUT2D eigenvalue weighted by Crippen LogP contribution is -2.13. The molecule has 15 heavy (non-hydrogen) atoms. The molecular weight excluding hydrogens is 196 g/mol. The number of carbonyl (C=O) groups excluding carboxylic acids is 2. The molecule has 0 saturated heterocycles. The predicted octanol–water partition coefficient (Wildman–Crippen LogP) is 1.15. The van der Waals surface area contributed by atoms with Crippen LogP contribution >= 0.6 is 0 Å². The van der Waals surface area contributed by atoms with E-state index in [1.807, 2.05) is 0 Å². The summed E-state index contributed by atoms with van der Waals surface area (Å²) < 4.78 is 9.18. The summed E-state index contributed by atoms with van der Waals surface area (Å²) in [6, 6.07) is 0. The molecule has 80 valence electrons. The van der Waals surface area contributed by atoms with Crippen molar-refractivity contribution in [1.82, 2.24) is 0 Å². The van der Waals surface area contributed by atoms with Gasteiger partial charge in [-0.3, -0.25) is 0 Å². The maximum Gasteiger partial charge on any atom is 0.338 e. The molecule has 0 spiro atoms. The minimum atomic E-state index is -0.532. The van der Waals surface area contributed by atoms with E-state index in [-0.39, 0.29) is 5.57 Å². The highest BCUT2D eigenvalue weighted by molar-refractivity contribution is 6.02. The predicted molar refractivity (Wildman–Crippen MR) is 54.0 cm³/mol. The first kappa shape index (κ1) is 11.2. The zero-order valence-electron chi connectivity index (χ0n) is 8.65. The van der Waals surface area contributed by atoms with Crippen LogP contribution in [0.5, 0.6) is 0 Å². The molecule has 4 heteroatoms. The van der Waals surface area contributed by atoms with Crippen molar-refractivity contribution in [2.45, 2.75) is 6.42 Å². The van der Waals surface area contributed by atoms with Gasteiger partial charge in [0.05, 0.1) is 25.4 Å². The second-order valence-corrected chi connectivity index (χ2v) is 2.87. The second kappa shape index (κ2) is 5.14. The average Bonchev–Trinajstić information content (AvgIpc) is 2.52. The van der Waals surface area contributed by atoms with Gasteiger partial charge in [0.25, 0.3) is 0 Å². The van der Waals surface area contributed by atoms with E-state index in [1.54, 1.807) is 24.3 Å². The summed E-state index contributed by atoms with van der Waals surface area (Å²) in [7, 11) is 2.55. The molecule has 0 amide bonds. The third-order valence-electron chi connectivity index (χ3n) is 1.99. The Balaban J connectivity index is 3.14. The Bertz CT molecular complexity index is 361. The number of methoxy groups -OCH3 is 2. The monoisotopic (exact) mass is 208 g/mol. The maximum atomic E-state index is 11.4. The molecule has 0 aromatic heterocycles. The number of hydrogen-bond donors (Lipinski definition) is 0. The highest BCUT2D eigenvalue weighted by Gasteiger charge is 2.19. The van der Waals surface area contributed by atoms with E-state index >= 15 is 0 Å². The van der Waals surface area contributed by atoms with Crippen molar-refractivity contribution in [2.24, 2.45) is 0 Å². The van der Waals surface area contributed by atoms with Crippen LogP contribution in [0.4, 0.5) is 0 Å². The summed E-state index contributed by atoms with van der Waals surface area (Å²) in [5.41, 5.74) is 0.559. The van der Waals surface area contributed by atoms with Gasteiger partial charge in [-0.2, -0.15) is 0 Å². The molecule has 1 aliphatic carbocycles. The number of allylic oxidation sites excluding steroid dienone is 3. The van der Waals surface area contributed by atoms with E-state index in [0.29, 0.717) is 12.0 Å². The molecule has 0 aromatic carbocycles. The first-order valence-electron chi connectivity index (χ1n) is 4.43. The highest BCUT2D eigenvalue weighted by atomic mass is 16.5. The molecule has 1 aliphatic rings. The second-order valence-electron chi connectivity index (χ2n) is 2.87. The molecule has 1 rings (SSSR count). The fourth-order valence-electron chi connectivity index (χ4n) is 1.24. The highest BCUT2D eigenvalue weighted by Crippen LogP contribution is 2.17. The van der Waals surface area contributed by atoms with Crippen molar-refractivity contribution in [3.8, 4) is 0 Å². The van der Waals surface area contributed by atoms with E-state index in [4.69, 9.17) is 0 Å². The number of carbonyl (C=O) groups is 2. The molecular formula is C11H12O4. The topological polar surface area (TPSA) is 52.6 Å². The van der Waals surface area contributed by atoms with Crippen molar-refractivity contribution in [3.63, 3.8) is 0 Å². The summed E-state index contributed by atoms with van der Waals surface area (Å²) in [6.45, 7) is 0. The van der Waals surface area contributed by atoms with E-state index in [1.165, 1.54) is 14.2 Å². The smallest absolute Gasteiger partial charge is 0.338 e. The Hall–Kier alpha value is -1.84. The van der Waals surface area contributed by atoms with Crippen LogP contribution in [0.2, 0.25) is 0 Å². The largest absolute Gasteiger partial charge is 0.466 e. The third kappa shape index (κ3) is 2.56. The van der Waals surface area contributed by atoms with Crippen molar-refractivity contribution >= 4 is 11.9 Å². The van der Waals surface area contributed by atoms with Crippen molar-refractivity contribution < 1.29 is 19.1 Å². The van der Waals surface area contributed by atoms with Gasteiger partial charge in [0.15, 0.2) is 0 Å². The van der Waals surface area contributed by atoms with E-state index in [2.05, 4.69) is 9.47 Å². The van der Waals surface area contributed by atoms with E-state index in [9.17, 15) is 9.59 Å². The summed E-state index contributed by atoms with van der Waals surface area (Å²) in [5.74, 6) is -1.04. The Morgan fingerprint density at radius 3 is 2.40 bits per heavy atom. The fourth-order valence-corrected chi connectivity index (χ4v) is 1.24. The lowest BCUT2D eigenvalue weighted by atomic mass is 10.1. The van der Waals surface area contributed by atoms with Gasteiger partial charge in [0, 0.05) is 0 Å². The molecule has 0 aliphatic heterocycles. The van der Waals surface area contributed by atoms with Crippen LogP contribution in [0.15, 0.2) is 35.5 Å². The average molecular weight is 208 g/mol. The molecule has 0 heterocycles. The number of ether oxygens (including phenoxy) is 2. The Labute approximate surface area is 87.9 Å². The van der Waals surface area contributed by atoms with Crippen LogP contribution < -0.4 is 0 Å². The SMILES string of the molecule is COC(=O)C1=C(C(=O)OC)CC=CC=C1. The summed E-state index contributed by atoms with van der Waals surface area (Å²) in [4.78, 5) is 22.8. The van der Waals surface area contributed by atoms with Crippen LogP contribution in [0.3, 0.4) is 0 Å². The number of rotatable bonds is 2. The zero-order chi connectivity index (χ0) is 11.3. The molecule has 4 nitrogen and oxygen atoms in total. The van der Waals surface area contributed by atoms with Crippen LogP contribution in [0.1, 0.15) is 6.42 Å². The van der Waals surface area contributed by atoms with Gasteiger partial charge in [0.2, 0.25) is 0 Å². The lowest BCUT2D eigenvalue weighted by Gasteiger charge is -2.06. The Kier molecular flexibility index (Phi) is 3.85. The summed E-state index contributed by atoms with van der Waals surface area (Å²) >= 11 is 0. The minimum absolute atomic E-state index is 0.245. The van der Waals surface area contributed by atoms with Gasteiger partial charge in [-0.25, -0.2) is 9.59 Å². The van der Waals surface area contributed by atoms with Crippen molar-refractivity contribution in [3.05, 3.63) is 35.5 Å². The van der Waals surface area contributed by atoms with E-state index < -0.39 is 11.9 Å². The van der Waals surface area contributed by atoms with Gasteiger partial charge in [-0.15, -0.1) is 0 Å². The summed E-state index contributed by atoms with van der Waals surface area (Å²) in [6.07, 6.45) is 7.13. The fraction of sp³-hybridized carbons (Fsp3) is 0.273. The normalized spacial score (nSPS) is 14.8. The summed E-state index contributed by atoms with van der Waals surface area (Å²) in [5, 5.41) is 0. The van der Waals surface area contributed by atoms with Crippen LogP contribution in [-0.2, 0) is 19.1 Å². The Morgan fingerprint density at radius 2 is 1.80 bits per heavy atom. The Morgan fingerprint density at radius 1 is 1.13 bits per heavy atom. The maximum absolute atomic E-state index is 11.4. The molecule has 0 saturated carbocycles. The molecule has 0 bridgehead atoms. The first-order valence-corrected chi connectivity index (χ1v) is 4.43. The standard InChI is InChI=1S/C11H12O4/c1-14-10(12)8-6-4-3-5-7-9(8)11(13)15-2/h3-6H,7H2,1-2H3. The first-order chi connectivity index (χ1) is 7.20. The molecule has 0 aromatic rings. The van der Waals surface area contributed by atoms with Gasteiger partial charge in [-0.1, -0.05) is 18.2 Å². The molecule has 0 atom stereocenters. The lowest BCUT2D eigenvalue weighted by molar-refractivity contribution is -0.139. The number of hydrogen-bond acceptors (Lipinski definition) is 4. The third-order valence-corrected chi connectivity index (χ3v) is 1.99.